The fourth-order valence-electron chi connectivity index (χ4n) is 2.33. The van der Waals surface area contributed by atoms with Gasteiger partial charge in [-0.1, -0.05) is 0 Å². The average molecular weight is 379 g/mol. The van der Waals surface area contributed by atoms with Crippen LogP contribution in [0.3, 0.4) is 0 Å². The molecule has 0 unspecified atom stereocenters. The number of nitrogens with zero attached hydrogens (tertiary/aromatic N) is 2. The molecule has 0 spiro atoms. The monoisotopic (exact) mass is 378 g/mol. The van der Waals surface area contributed by atoms with Gasteiger partial charge in [0.15, 0.2) is 5.69 Å². The molecule has 9 heteroatoms. The van der Waals surface area contributed by atoms with Crippen molar-refractivity contribution in [2.75, 3.05) is 25.9 Å². The molecule has 118 valence electrons. The maximum atomic E-state index is 12.0. The zero-order chi connectivity index (χ0) is 15.6. The predicted molar refractivity (Wildman–Crippen MR) is 82.5 cm³/mol. The highest BCUT2D eigenvalue weighted by Gasteiger charge is 2.25. The van der Waals surface area contributed by atoms with Crippen LogP contribution in [0.4, 0.5) is 0 Å². The number of amides is 1. The van der Waals surface area contributed by atoms with Crippen LogP contribution < -0.4 is 5.32 Å². The highest BCUT2D eigenvalue weighted by Crippen LogP contribution is 2.20. The molecule has 0 saturated carbocycles. The van der Waals surface area contributed by atoms with Gasteiger partial charge in [-0.3, -0.25) is 9.89 Å². The zero-order valence-corrected chi connectivity index (χ0v) is 14.4. The largest absolute Gasteiger partial charge is 0.350 e. The molecule has 1 aliphatic heterocycles. The number of sulfonamides is 1. The predicted octanol–water partition coefficient (Wildman–Crippen LogP) is 0.882. The highest BCUT2D eigenvalue weighted by molar-refractivity contribution is 9.10. The van der Waals surface area contributed by atoms with Gasteiger partial charge in [-0.2, -0.15) is 5.10 Å². The molecular formula is C12H19BrN4O3S. The molecule has 1 amide bonds. The SMILES string of the molecule is Cc1[nH]nc(C(=O)NCC2CCN(S(C)(=O)=O)CC2)c1Br. The Morgan fingerprint density at radius 2 is 2.10 bits per heavy atom. The Bertz CT molecular complexity index is 620. The number of halogens is 1. The number of piperidine rings is 1. The first-order chi connectivity index (χ1) is 9.79. The Labute approximate surface area is 132 Å². The second kappa shape index (κ2) is 6.45. The van der Waals surface area contributed by atoms with Gasteiger partial charge in [-0.15, -0.1) is 0 Å². The van der Waals surface area contributed by atoms with E-state index in [4.69, 9.17) is 0 Å². The fourth-order valence-corrected chi connectivity index (χ4v) is 3.56. The van der Waals surface area contributed by atoms with Crippen LogP contribution in [0.1, 0.15) is 29.0 Å². The summed E-state index contributed by atoms with van der Waals surface area (Å²) in [4.78, 5) is 12.0. The third-order valence-corrected chi connectivity index (χ3v) is 5.95. The van der Waals surface area contributed by atoms with Gasteiger partial charge in [0.25, 0.3) is 5.91 Å². The van der Waals surface area contributed by atoms with E-state index in [1.165, 1.54) is 10.6 Å². The second-order valence-corrected chi connectivity index (χ2v) is 8.10. The van der Waals surface area contributed by atoms with Gasteiger partial charge in [0.05, 0.1) is 10.7 Å². The van der Waals surface area contributed by atoms with Crippen LogP contribution in [0.2, 0.25) is 0 Å². The van der Waals surface area contributed by atoms with Crippen molar-refractivity contribution in [3.63, 3.8) is 0 Å². The number of carbonyl (C=O) groups is 1. The van der Waals surface area contributed by atoms with Crippen molar-refractivity contribution in [3.8, 4) is 0 Å². The van der Waals surface area contributed by atoms with Gasteiger partial charge in [0.2, 0.25) is 10.0 Å². The van der Waals surface area contributed by atoms with Crippen LogP contribution in [-0.4, -0.2) is 54.7 Å². The van der Waals surface area contributed by atoms with Crippen LogP contribution in [0.25, 0.3) is 0 Å². The van der Waals surface area contributed by atoms with Crippen molar-refractivity contribution < 1.29 is 13.2 Å². The van der Waals surface area contributed by atoms with Crippen LogP contribution >= 0.6 is 15.9 Å². The molecule has 0 atom stereocenters. The van der Waals surface area contributed by atoms with Crippen molar-refractivity contribution in [1.82, 2.24) is 19.8 Å². The van der Waals surface area contributed by atoms with E-state index in [2.05, 4.69) is 31.4 Å². The summed E-state index contributed by atoms with van der Waals surface area (Å²) in [6.07, 6.45) is 2.74. The molecule has 2 N–H and O–H groups in total. The van der Waals surface area contributed by atoms with Gasteiger partial charge >= 0.3 is 0 Å². The lowest BCUT2D eigenvalue weighted by Crippen LogP contribution is -2.41. The van der Waals surface area contributed by atoms with Crippen LogP contribution in [0.15, 0.2) is 4.47 Å². The molecule has 0 bridgehead atoms. The van der Waals surface area contributed by atoms with Gasteiger partial charge < -0.3 is 5.32 Å². The number of aromatic amines is 1. The highest BCUT2D eigenvalue weighted by atomic mass is 79.9. The Morgan fingerprint density at radius 1 is 1.48 bits per heavy atom. The van der Waals surface area contributed by atoms with Crippen LogP contribution in [0.5, 0.6) is 0 Å². The van der Waals surface area contributed by atoms with E-state index >= 15 is 0 Å². The van der Waals surface area contributed by atoms with Crippen molar-refractivity contribution in [1.29, 1.82) is 0 Å². The summed E-state index contributed by atoms with van der Waals surface area (Å²) in [5, 5.41) is 9.56. The average Bonchev–Trinajstić information content (AvgIpc) is 2.76. The van der Waals surface area contributed by atoms with Gasteiger partial charge in [0, 0.05) is 25.3 Å². The Balaban J connectivity index is 1.83. The molecular weight excluding hydrogens is 360 g/mol. The minimum Gasteiger partial charge on any atom is -0.350 e. The minimum atomic E-state index is -3.10. The normalized spacial score (nSPS) is 17.9. The summed E-state index contributed by atoms with van der Waals surface area (Å²) in [5.41, 5.74) is 1.16. The number of hydrogen-bond acceptors (Lipinski definition) is 4. The lowest BCUT2D eigenvalue weighted by molar-refractivity contribution is 0.0935. The number of H-pyrrole nitrogens is 1. The molecule has 1 fully saturated rings. The van der Waals surface area contributed by atoms with Crippen molar-refractivity contribution in [3.05, 3.63) is 15.9 Å². The van der Waals surface area contributed by atoms with E-state index < -0.39 is 10.0 Å². The Morgan fingerprint density at radius 3 is 2.57 bits per heavy atom. The van der Waals surface area contributed by atoms with E-state index in [9.17, 15) is 13.2 Å². The molecule has 0 aliphatic carbocycles. The third-order valence-electron chi connectivity index (χ3n) is 3.68. The molecule has 0 aromatic carbocycles. The first kappa shape index (κ1) is 16.4. The summed E-state index contributed by atoms with van der Waals surface area (Å²) < 4.78 is 25.0. The number of carbonyl (C=O) groups excluding carboxylic acids is 1. The first-order valence-electron chi connectivity index (χ1n) is 6.73. The Hall–Kier alpha value is -0.930. The molecule has 2 heterocycles. The maximum absolute atomic E-state index is 12.0. The summed E-state index contributed by atoms with van der Waals surface area (Å²) in [7, 11) is -3.10. The molecule has 1 aromatic heterocycles. The van der Waals surface area contributed by atoms with E-state index in [1.54, 1.807) is 0 Å². The summed E-state index contributed by atoms with van der Waals surface area (Å²) >= 11 is 3.32. The second-order valence-electron chi connectivity index (χ2n) is 5.33. The quantitative estimate of drug-likeness (QED) is 0.812. The number of nitrogens with one attached hydrogen (secondary N) is 2. The first-order valence-corrected chi connectivity index (χ1v) is 9.37. The van der Waals surface area contributed by atoms with Gasteiger partial charge in [-0.25, -0.2) is 12.7 Å². The van der Waals surface area contributed by atoms with Crippen molar-refractivity contribution in [2.24, 2.45) is 5.92 Å². The van der Waals surface area contributed by atoms with Crippen LogP contribution in [0, 0.1) is 12.8 Å². The Kier molecular flexibility index (Phi) is 5.05. The maximum Gasteiger partial charge on any atom is 0.272 e. The van der Waals surface area contributed by atoms with Gasteiger partial charge in [-0.05, 0) is 41.6 Å². The summed E-state index contributed by atoms with van der Waals surface area (Å²) in [6.45, 7) is 3.40. The molecule has 1 aliphatic rings. The number of aromatic nitrogens is 2. The van der Waals surface area contributed by atoms with Crippen molar-refractivity contribution >= 4 is 31.9 Å². The van der Waals surface area contributed by atoms with E-state index in [1.807, 2.05) is 6.92 Å². The van der Waals surface area contributed by atoms with Crippen LogP contribution in [-0.2, 0) is 10.0 Å². The van der Waals surface area contributed by atoms with E-state index in [0.29, 0.717) is 35.7 Å². The van der Waals surface area contributed by atoms with Crippen molar-refractivity contribution in [2.45, 2.75) is 19.8 Å². The summed E-state index contributed by atoms with van der Waals surface area (Å²) in [5.74, 6) is 0.0718. The summed E-state index contributed by atoms with van der Waals surface area (Å²) in [6, 6.07) is 0. The zero-order valence-electron chi connectivity index (χ0n) is 12.0. The molecule has 7 nitrogen and oxygen atoms in total. The fraction of sp³-hybridized carbons (Fsp3) is 0.667. The topological polar surface area (TPSA) is 95.2 Å². The van der Waals surface area contributed by atoms with E-state index in [-0.39, 0.29) is 5.91 Å². The molecule has 1 saturated heterocycles. The minimum absolute atomic E-state index is 0.225. The number of rotatable bonds is 4. The molecule has 2 rings (SSSR count). The lowest BCUT2D eigenvalue weighted by Gasteiger charge is -2.30. The van der Waals surface area contributed by atoms with E-state index in [0.717, 1.165) is 18.5 Å². The van der Waals surface area contributed by atoms with Gasteiger partial charge in [0.1, 0.15) is 0 Å². The molecule has 21 heavy (non-hydrogen) atoms. The third kappa shape index (κ3) is 4.04. The lowest BCUT2D eigenvalue weighted by atomic mass is 9.98. The molecule has 0 radical (unpaired) electrons. The number of aryl methyl sites for hydroxylation is 1. The number of hydrogen-bond donors (Lipinski definition) is 2. The smallest absolute Gasteiger partial charge is 0.272 e. The molecule has 1 aromatic rings. The standard InChI is InChI=1S/C12H19BrN4O3S/c1-8-10(13)11(16-15-8)12(18)14-7-9-3-5-17(6-4-9)21(2,19)20/h9H,3-7H2,1-2H3,(H,14,18)(H,15,16).